The molecule has 33 heavy (non-hydrogen) atoms. The van der Waals surface area contributed by atoms with Crippen LogP contribution in [0.5, 0.6) is 11.5 Å². The Bertz CT molecular complexity index is 1330. The Morgan fingerprint density at radius 1 is 0.909 bits per heavy atom. The minimum Gasteiger partial charge on any atom is -0.454 e. The monoisotopic (exact) mass is 442 g/mol. The van der Waals surface area contributed by atoms with Crippen LogP contribution in [0, 0.1) is 20.8 Å². The van der Waals surface area contributed by atoms with Gasteiger partial charge in [0.15, 0.2) is 11.5 Å². The zero-order valence-electron chi connectivity index (χ0n) is 18.4. The summed E-state index contributed by atoms with van der Waals surface area (Å²) >= 11 is 0. The van der Waals surface area contributed by atoms with Gasteiger partial charge in [-0.1, -0.05) is 17.7 Å². The van der Waals surface area contributed by atoms with Crippen LogP contribution in [0.25, 0.3) is 5.95 Å². The molecule has 0 unspecified atom stereocenters. The molecular formula is C23H22N8O2. The fourth-order valence-corrected chi connectivity index (χ4v) is 3.32. The summed E-state index contributed by atoms with van der Waals surface area (Å²) < 4.78 is 12.4. The molecular weight excluding hydrogens is 420 g/mol. The van der Waals surface area contributed by atoms with Crippen molar-refractivity contribution in [3.63, 3.8) is 0 Å². The lowest BCUT2D eigenvalue weighted by atomic mass is 10.2. The highest BCUT2D eigenvalue weighted by Gasteiger charge is 2.13. The maximum absolute atomic E-state index is 5.41. The topological polar surface area (TPSA) is 111 Å². The molecule has 0 aliphatic carbocycles. The van der Waals surface area contributed by atoms with Crippen LogP contribution in [0.15, 0.2) is 53.6 Å². The number of hydrazone groups is 1. The van der Waals surface area contributed by atoms with E-state index in [2.05, 4.69) is 35.9 Å². The molecule has 2 aromatic carbocycles. The average molecular weight is 442 g/mol. The van der Waals surface area contributed by atoms with E-state index in [1.807, 2.05) is 69.3 Å². The normalized spacial score (nSPS) is 12.3. The van der Waals surface area contributed by atoms with Crippen molar-refractivity contribution in [2.75, 3.05) is 17.5 Å². The van der Waals surface area contributed by atoms with Crippen molar-refractivity contribution in [1.82, 2.24) is 24.7 Å². The lowest BCUT2D eigenvalue weighted by molar-refractivity contribution is 0.174. The molecule has 0 atom stereocenters. The smallest absolute Gasteiger partial charge is 0.257 e. The SMILES string of the molecule is Cc1ccc(Nc2nc(NN=Cc3ccc4c(c3)OCO4)nc(-n3nc(C)cc3C)n2)cc1. The third-order valence-electron chi connectivity index (χ3n) is 4.91. The van der Waals surface area contributed by atoms with Gasteiger partial charge in [-0.2, -0.15) is 25.2 Å². The van der Waals surface area contributed by atoms with E-state index in [0.717, 1.165) is 28.4 Å². The lowest BCUT2D eigenvalue weighted by Gasteiger charge is -2.09. The highest BCUT2D eigenvalue weighted by atomic mass is 16.7. The van der Waals surface area contributed by atoms with E-state index < -0.39 is 0 Å². The Morgan fingerprint density at radius 2 is 1.70 bits per heavy atom. The maximum atomic E-state index is 5.41. The van der Waals surface area contributed by atoms with Crippen LogP contribution in [0.3, 0.4) is 0 Å². The van der Waals surface area contributed by atoms with Crippen LogP contribution in [0.2, 0.25) is 0 Å². The van der Waals surface area contributed by atoms with Gasteiger partial charge in [0.2, 0.25) is 18.7 Å². The van der Waals surface area contributed by atoms with E-state index in [-0.39, 0.29) is 12.7 Å². The summed E-state index contributed by atoms with van der Waals surface area (Å²) in [4.78, 5) is 13.5. The Kier molecular flexibility index (Phi) is 5.31. The van der Waals surface area contributed by atoms with E-state index >= 15 is 0 Å². The van der Waals surface area contributed by atoms with Crippen LogP contribution in [0.1, 0.15) is 22.5 Å². The summed E-state index contributed by atoms with van der Waals surface area (Å²) in [5.41, 5.74) is 7.54. The van der Waals surface area contributed by atoms with Gasteiger partial charge in [-0.05, 0) is 62.7 Å². The molecule has 0 saturated carbocycles. The van der Waals surface area contributed by atoms with Crippen molar-refractivity contribution < 1.29 is 9.47 Å². The molecule has 2 N–H and O–H groups in total. The second kappa shape index (κ2) is 8.58. The first-order valence-corrected chi connectivity index (χ1v) is 10.4. The number of hydrogen-bond donors (Lipinski definition) is 2. The van der Waals surface area contributed by atoms with Crippen LogP contribution < -0.4 is 20.2 Å². The van der Waals surface area contributed by atoms with Gasteiger partial charge in [-0.3, -0.25) is 0 Å². The van der Waals surface area contributed by atoms with Crippen molar-refractivity contribution in [1.29, 1.82) is 0 Å². The number of aromatic nitrogens is 5. The number of anilines is 3. The fraction of sp³-hybridized carbons (Fsp3) is 0.174. The number of nitrogens with zero attached hydrogens (tertiary/aromatic N) is 6. The van der Waals surface area contributed by atoms with Crippen LogP contribution in [0.4, 0.5) is 17.6 Å². The molecule has 0 amide bonds. The van der Waals surface area contributed by atoms with Gasteiger partial charge in [-0.15, -0.1) is 0 Å². The molecule has 1 aliphatic heterocycles. The minimum atomic E-state index is 0.227. The standard InChI is InChI=1S/C23H22N8O2/c1-14-4-7-18(8-5-14)25-21-26-22(28-23(27-21)31-16(3)10-15(2)30-31)29-24-12-17-6-9-19-20(11-17)33-13-32-19/h4-12H,13H2,1-3H3,(H2,25,26,27,28,29). The second-order valence-corrected chi connectivity index (χ2v) is 7.60. The van der Waals surface area contributed by atoms with E-state index in [0.29, 0.717) is 17.6 Å². The van der Waals surface area contributed by atoms with Crippen molar-refractivity contribution in [2.24, 2.45) is 5.10 Å². The number of nitrogens with one attached hydrogen (secondary N) is 2. The molecule has 0 spiro atoms. The number of benzene rings is 2. The third kappa shape index (κ3) is 4.59. The molecule has 0 fully saturated rings. The first-order chi connectivity index (χ1) is 16.0. The molecule has 5 rings (SSSR count). The van der Waals surface area contributed by atoms with Crippen LogP contribution in [-0.4, -0.2) is 37.7 Å². The zero-order valence-corrected chi connectivity index (χ0v) is 18.4. The van der Waals surface area contributed by atoms with Gasteiger partial charge >= 0.3 is 0 Å². The number of ether oxygens (including phenoxy) is 2. The molecule has 166 valence electrons. The van der Waals surface area contributed by atoms with Gasteiger partial charge in [0.1, 0.15) is 0 Å². The third-order valence-corrected chi connectivity index (χ3v) is 4.91. The highest BCUT2D eigenvalue weighted by molar-refractivity contribution is 5.81. The van der Waals surface area contributed by atoms with Crippen molar-refractivity contribution in [3.05, 3.63) is 71.0 Å². The molecule has 0 bridgehead atoms. The number of fused-ring (bicyclic) bond motifs is 1. The molecule has 3 heterocycles. The predicted octanol–water partition coefficient (Wildman–Crippen LogP) is 3.90. The van der Waals surface area contributed by atoms with Crippen molar-refractivity contribution in [3.8, 4) is 17.4 Å². The summed E-state index contributed by atoms with van der Waals surface area (Å²) in [6.07, 6.45) is 1.65. The number of aryl methyl sites for hydroxylation is 3. The molecule has 10 heteroatoms. The minimum absolute atomic E-state index is 0.227. The Hall–Kier alpha value is -4.47. The molecule has 10 nitrogen and oxygen atoms in total. The Morgan fingerprint density at radius 3 is 2.48 bits per heavy atom. The largest absolute Gasteiger partial charge is 0.454 e. The van der Waals surface area contributed by atoms with Gasteiger partial charge in [0.05, 0.1) is 11.9 Å². The Balaban J connectivity index is 1.43. The molecule has 1 aliphatic rings. The number of hydrogen-bond acceptors (Lipinski definition) is 9. The van der Waals surface area contributed by atoms with Gasteiger partial charge < -0.3 is 14.8 Å². The first kappa shape index (κ1) is 20.4. The maximum Gasteiger partial charge on any atom is 0.257 e. The quantitative estimate of drug-likeness (QED) is 0.342. The van der Waals surface area contributed by atoms with E-state index in [9.17, 15) is 0 Å². The van der Waals surface area contributed by atoms with E-state index in [1.165, 1.54) is 5.56 Å². The van der Waals surface area contributed by atoms with Crippen LogP contribution >= 0.6 is 0 Å². The van der Waals surface area contributed by atoms with Crippen molar-refractivity contribution in [2.45, 2.75) is 20.8 Å². The van der Waals surface area contributed by atoms with Crippen molar-refractivity contribution >= 4 is 23.8 Å². The van der Waals surface area contributed by atoms with Gasteiger partial charge in [-0.25, -0.2) is 10.1 Å². The molecule has 0 saturated heterocycles. The Labute approximate surface area is 190 Å². The fourth-order valence-electron chi connectivity index (χ4n) is 3.32. The van der Waals surface area contributed by atoms with Crippen LogP contribution in [-0.2, 0) is 0 Å². The van der Waals surface area contributed by atoms with Gasteiger partial charge in [0, 0.05) is 11.4 Å². The summed E-state index contributed by atoms with van der Waals surface area (Å²) in [5.74, 6) is 2.44. The number of rotatable bonds is 6. The first-order valence-electron chi connectivity index (χ1n) is 10.4. The summed E-state index contributed by atoms with van der Waals surface area (Å²) in [6, 6.07) is 15.5. The van der Waals surface area contributed by atoms with E-state index in [4.69, 9.17) is 9.47 Å². The molecule has 4 aromatic rings. The molecule has 2 aromatic heterocycles. The average Bonchev–Trinajstić information content (AvgIpc) is 3.40. The van der Waals surface area contributed by atoms with E-state index in [1.54, 1.807) is 10.9 Å². The zero-order chi connectivity index (χ0) is 22.8. The highest BCUT2D eigenvalue weighted by Crippen LogP contribution is 2.32. The second-order valence-electron chi connectivity index (χ2n) is 7.60. The van der Waals surface area contributed by atoms with Gasteiger partial charge in [0.25, 0.3) is 5.95 Å². The molecule has 0 radical (unpaired) electrons. The summed E-state index contributed by atoms with van der Waals surface area (Å²) in [5, 5.41) is 12.0. The summed E-state index contributed by atoms with van der Waals surface area (Å²) in [7, 11) is 0. The lowest BCUT2D eigenvalue weighted by Crippen LogP contribution is -2.11. The predicted molar refractivity (Wildman–Crippen MR) is 125 cm³/mol. The summed E-state index contributed by atoms with van der Waals surface area (Å²) in [6.45, 7) is 6.13.